The van der Waals surface area contributed by atoms with Crippen LogP contribution in [0.3, 0.4) is 0 Å². The Balaban J connectivity index is 1.80. The van der Waals surface area contributed by atoms with Gasteiger partial charge in [0.05, 0.1) is 6.04 Å². The Labute approximate surface area is 110 Å². The van der Waals surface area contributed by atoms with Crippen molar-refractivity contribution in [3.8, 4) is 0 Å². The molecule has 2 rings (SSSR count). The lowest BCUT2D eigenvalue weighted by atomic mass is 9.75. The molecule has 0 bridgehead atoms. The van der Waals surface area contributed by atoms with Crippen molar-refractivity contribution in [1.82, 2.24) is 15.5 Å². The van der Waals surface area contributed by atoms with Crippen LogP contribution >= 0.6 is 0 Å². The fraction of sp³-hybridized carbons (Fsp3) is 0.929. The molecule has 1 aliphatic carbocycles. The number of amides is 1. The number of nitrogens with zero attached hydrogens (tertiary/aromatic N) is 1. The lowest BCUT2D eigenvalue weighted by Crippen LogP contribution is -2.58. The topological polar surface area (TPSA) is 44.4 Å². The second kappa shape index (κ2) is 6.02. The van der Waals surface area contributed by atoms with Gasteiger partial charge in [0.1, 0.15) is 0 Å². The first kappa shape index (κ1) is 13.8. The van der Waals surface area contributed by atoms with E-state index in [1.54, 1.807) is 0 Å². The molecule has 0 radical (unpaired) electrons. The third kappa shape index (κ3) is 3.04. The van der Waals surface area contributed by atoms with Gasteiger partial charge in [-0.2, -0.15) is 0 Å². The highest BCUT2D eigenvalue weighted by Gasteiger charge is 2.39. The van der Waals surface area contributed by atoms with Gasteiger partial charge in [-0.05, 0) is 52.7 Å². The molecule has 0 aromatic heterocycles. The van der Waals surface area contributed by atoms with Crippen molar-refractivity contribution in [3.05, 3.63) is 0 Å². The molecule has 1 aliphatic heterocycles. The summed E-state index contributed by atoms with van der Waals surface area (Å²) in [6.07, 6.45) is 8.31. The zero-order valence-electron chi connectivity index (χ0n) is 11.8. The number of hydrogen-bond acceptors (Lipinski definition) is 3. The standard InChI is InChI=1S/C14H27N3O/c1-17(2)14(8-6-9-14)11-16-13(18)12-7-4-3-5-10-15-12/h12,15H,3-11H2,1-2H3,(H,16,18). The van der Waals surface area contributed by atoms with Gasteiger partial charge in [-0.25, -0.2) is 0 Å². The van der Waals surface area contributed by atoms with Gasteiger partial charge >= 0.3 is 0 Å². The average molecular weight is 253 g/mol. The van der Waals surface area contributed by atoms with E-state index in [1.807, 2.05) is 0 Å². The van der Waals surface area contributed by atoms with Crippen LogP contribution in [0, 0.1) is 0 Å². The van der Waals surface area contributed by atoms with Crippen molar-refractivity contribution in [2.75, 3.05) is 27.2 Å². The molecule has 2 aliphatic rings. The lowest BCUT2D eigenvalue weighted by molar-refractivity contribution is -0.124. The molecule has 18 heavy (non-hydrogen) atoms. The van der Waals surface area contributed by atoms with Gasteiger partial charge in [-0.1, -0.05) is 12.8 Å². The van der Waals surface area contributed by atoms with Gasteiger partial charge in [0, 0.05) is 12.1 Å². The van der Waals surface area contributed by atoms with Crippen molar-refractivity contribution < 1.29 is 4.79 Å². The highest BCUT2D eigenvalue weighted by atomic mass is 16.2. The molecule has 0 spiro atoms. The van der Waals surface area contributed by atoms with Crippen LogP contribution in [0.2, 0.25) is 0 Å². The molecule has 104 valence electrons. The maximum Gasteiger partial charge on any atom is 0.237 e. The van der Waals surface area contributed by atoms with Crippen LogP contribution in [-0.4, -0.2) is 49.6 Å². The van der Waals surface area contributed by atoms with Gasteiger partial charge in [0.2, 0.25) is 5.91 Å². The van der Waals surface area contributed by atoms with Gasteiger partial charge in [-0.3, -0.25) is 4.79 Å². The van der Waals surface area contributed by atoms with Gasteiger partial charge < -0.3 is 15.5 Å². The maximum atomic E-state index is 12.2. The molecule has 2 fully saturated rings. The predicted octanol–water partition coefficient (Wildman–Crippen LogP) is 1.12. The summed E-state index contributed by atoms with van der Waals surface area (Å²) in [4.78, 5) is 14.4. The minimum atomic E-state index is 0.0341. The Morgan fingerprint density at radius 3 is 2.67 bits per heavy atom. The second-order valence-electron chi connectivity index (χ2n) is 6.05. The molecular formula is C14H27N3O. The maximum absolute atomic E-state index is 12.2. The minimum absolute atomic E-state index is 0.0341. The molecule has 1 saturated carbocycles. The third-order valence-electron chi connectivity index (χ3n) is 4.70. The number of carbonyl (C=O) groups is 1. The van der Waals surface area contributed by atoms with Gasteiger partial charge in [0.15, 0.2) is 0 Å². The normalized spacial score (nSPS) is 27.4. The molecule has 4 heteroatoms. The zero-order chi connectivity index (χ0) is 13.0. The number of hydrogen-bond donors (Lipinski definition) is 2. The summed E-state index contributed by atoms with van der Waals surface area (Å²) in [6, 6.07) is 0.0341. The van der Waals surface area contributed by atoms with Gasteiger partial charge in [-0.15, -0.1) is 0 Å². The van der Waals surface area contributed by atoms with Crippen LogP contribution in [0.4, 0.5) is 0 Å². The van der Waals surface area contributed by atoms with E-state index in [0.29, 0.717) is 0 Å². The third-order valence-corrected chi connectivity index (χ3v) is 4.70. The van der Waals surface area contributed by atoms with E-state index < -0.39 is 0 Å². The molecule has 2 N–H and O–H groups in total. The van der Waals surface area contributed by atoms with E-state index in [9.17, 15) is 4.79 Å². The summed E-state index contributed by atoms with van der Waals surface area (Å²) in [5.41, 5.74) is 0.223. The monoisotopic (exact) mass is 253 g/mol. The first-order chi connectivity index (χ1) is 8.64. The number of rotatable bonds is 4. The summed E-state index contributed by atoms with van der Waals surface area (Å²) < 4.78 is 0. The van der Waals surface area contributed by atoms with Crippen LogP contribution in [-0.2, 0) is 4.79 Å². The first-order valence-corrected chi connectivity index (χ1v) is 7.33. The molecule has 1 atom stereocenters. The molecular weight excluding hydrogens is 226 g/mol. The molecule has 1 unspecified atom stereocenters. The Morgan fingerprint density at radius 2 is 2.06 bits per heavy atom. The smallest absolute Gasteiger partial charge is 0.237 e. The lowest BCUT2D eigenvalue weighted by Gasteiger charge is -2.47. The SMILES string of the molecule is CN(C)C1(CNC(=O)C2CCCCCN2)CCC1. The second-order valence-corrected chi connectivity index (χ2v) is 6.05. The van der Waals surface area contributed by atoms with Crippen LogP contribution in [0.15, 0.2) is 0 Å². The summed E-state index contributed by atoms with van der Waals surface area (Å²) in [6.45, 7) is 1.79. The van der Waals surface area contributed by atoms with Crippen molar-refractivity contribution >= 4 is 5.91 Å². The van der Waals surface area contributed by atoms with Crippen molar-refractivity contribution in [1.29, 1.82) is 0 Å². The van der Waals surface area contributed by atoms with E-state index in [0.717, 1.165) is 19.5 Å². The van der Waals surface area contributed by atoms with E-state index >= 15 is 0 Å². The number of nitrogens with one attached hydrogen (secondary N) is 2. The van der Waals surface area contributed by atoms with Crippen molar-refractivity contribution in [2.45, 2.75) is 56.5 Å². The first-order valence-electron chi connectivity index (χ1n) is 7.33. The average Bonchev–Trinajstić information content (AvgIpc) is 2.55. The molecule has 4 nitrogen and oxygen atoms in total. The number of likely N-dealkylation sites (N-methyl/N-ethyl adjacent to an activating group) is 1. The molecule has 1 heterocycles. The van der Waals surface area contributed by atoms with E-state index in [-0.39, 0.29) is 17.5 Å². The summed E-state index contributed by atoms with van der Waals surface area (Å²) >= 11 is 0. The quantitative estimate of drug-likeness (QED) is 0.789. The minimum Gasteiger partial charge on any atom is -0.353 e. The molecule has 0 aromatic carbocycles. The molecule has 1 saturated heterocycles. The van der Waals surface area contributed by atoms with E-state index in [4.69, 9.17) is 0 Å². The fourth-order valence-electron chi connectivity index (χ4n) is 2.99. The Kier molecular flexibility index (Phi) is 4.62. The van der Waals surface area contributed by atoms with Crippen LogP contribution < -0.4 is 10.6 Å². The van der Waals surface area contributed by atoms with Crippen molar-refractivity contribution in [3.63, 3.8) is 0 Å². The Morgan fingerprint density at radius 1 is 1.28 bits per heavy atom. The summed E-state index contributed by atoms with van der Waals surface area (Å²) in [5, 5.41) is 6.52. The molecule has 0 aromatic rings. The van der Waals surface area contributed by atoms with E-state index in [1.165, 1.54) is 38.5 Å². The Bertz CT molecular complexity index is 279. The Hall–Kier alpha value is -0.610. The zero-order valence-corrected chi connectivity index (χ0v) is 11.8. The highest BCUT2D eigenvalue weighted by molar-refractivity contribution is 5.81. The van der Waals surface area contributed by atoms with E-state index in [2.05, 4.69) is 29.6 Å². The fourth-order valence-corrected chi connectivity index (χ4v) is 2.99. The number of carbonyl (C=O) groups excluding carboxylic acids is 1. The van der Waals surface area contributed by atoms with Crippen molar-refractivity contribution in [2.24, 2.45) is 0 Å². The highest BCUT2D eigenvalue weighted by Crippen LogP contribution is 2.35. The van der Waals surface area contributed by atoms with Crippen LogP contribution in [0.5, 0.6) is 0 Å². The molecule has 1 amide bonds. The largest absolute Gasteiger partial charge is 0.353 e. The van der Waals surface area contributed by atoms with Crippen LogP contribution in [0.1, 0.15) is 44.9 Å². The van der Waals surface area contributed by atoms with Gasteiger partial charge in [0.25, 0.3) is 0 Å². The van der Waals surface area contributed by atoms with Crippen LogP contribution in [0.25, 0.3) is 0 Å². The predicted molar refractivity (Wildman–Crippen MR) is 73.5 cm³/mol. The summed E-state index contributed by atoms with van der Waals surface area (Å²) in [7, 11) is 4.24. The summed E-state index contributed by atoms with van der Waals surface area (Å²) in [5.74, 6) is 0.199.